The summed E-state index contributed by atoms with van der Waals surface area (Å²) in [5.41, 5.74) is 0.694. The molecule has 21 heavy (non-hydrogen) atoms. The van der Waals surface area contributed by atoms with Crippen molar-refractivity contribution in [3.05, 3.63) is 35.1 Å². The van der Waals surface area contributed by atoms with E-state index in [4.69, 9.17) is 0 Å². The van der Waals surface area contributed by atoms with Crippen LogP contribution in [0, 0.1) is 11.2 Å². The minimum Gasteiger partial charge on any atom is -0.465 e. The van der Waals surface area contributed by atoms with Gasteiger partial charge < -0.3 is 15.2 Å². The van der Waals surface area contributed by atoms with E-state index in [-0.39, 0.29) is 17.6 Å². The van der Waals surface area contributed by atoms with Gasteiger partial charge in [0.2, 0.25) is 0 Å². The molecule has 4 nitrogen and oxygen atoms in total. The van der Waals surface area contributed by atoms with E-state index in [1.54, 1.807) is 6.07 Å². The highest BCUT2D eigenvalue weighted by molar-refractivity contribution is 5.89. The Labute approximate surface area is 124 Å². The van der Waals surface area contributed by atoms with Crippen molar-refractivity contribution in [2.75, 3.05) is 20.3 Å². The fourth-order valence-corrected chi connectivity index (χ4v) is 2.93. The van der Waals surface area contributed by atoms with E-state index in [2.05, 4.69) is 10.1 Å². The molecule has 0 spiro atoms. The molecule has 2 N–H and O–H groups in total. The van der Waals surface area contributed by atoms with Crippen LogP contribution in [0.5, 0.6) is 0 Å². The summed E-state index contributed by atoms with van der Waals surface area (Å²) in [5, 5.41) is 12.8. The second kappa shape index (κ2) is 7.00. The molecule has 0 unspecified atom stereocenters. The van der Waals surface area contributed by atoms with Crippen LogP contribution < -0.4 is 5.32 Å². The molecule has 0 atom stereocenters. The number of aliphatic hydroxyl groups is 1. The number of ether oxygens (including phenoxy) is 1. The van der Waals surface area contributed by atoms with Crippen molar-refractivity contribution in [3.8, 4) is 0 Å². The van der Waals surface area contributed by atoms with E-state index in [9.17, 15) is 14.3 Å². The zero-order chi connectivity index (χ0) is 15.3. The van der Waals surface area contributed by atoms with Crippen LogP contribution in [-0.4, -0.2) is 31.3 Å². The highest BCUT2D eigenvalue weighted by Crippen LogP contribution is 2.36. The SMILES string of the molecule is COC(=O)c1ccc(CNCC2(CO)CCCC2)cc1F. The lowest BCUT2D eigenvalue weighted by atomic mass is 9.87. The summed E-state index contributed by atoms with van der Waals surface area (Å²) in [4.78, 5) is 11.3. The van der Waals surface area contributed by atoms with E-state index in [1.807, 2.05) is 0 Å². The van der Waals surface area contributed by atoms with Crippen molar-refractivity contribution < 1.29 is 19.0 Å². The normalized spacial score (nSPS) is 16.9. The number of aliphatic hydroxyl groups excluding tert-OH is 1. The zero-order valence-corrected chi connectivity index (χ0v) is 12.3. The maximum Gasteiger partial charge on any atom is 0.340 e. The fraction of sp³-hybridized carbons (Fsp3) is 0.562. The molecule has 2 rings (SSSR count). The summed E-state index contributed by atoms with van der Waals surface area (Å²) in [5.74, 6) is -1.24. The predicted octanol–water partition coefficient (Wildman–Crippen LogP) is 2.25. The Hall–Kier alpha value is -1.46. The Morgan fingerprint density at radius 1 is 1.43 bits per heavy atom. The average molecular weight is 295 g/mol. The highest BCUT2D eigenvalue weighted by Gasteiger charge is 2.32. The van der Waals surface area contributed by atoms with E-state index < -0.39 is 11.8 Å². The number of methoxy groups -OCH3 is 1. The van der Waals surface area contributed by atoms with Gasteiger partial charge in [-0.25, -0.2) is 9.18 Å². The molecular formula is C16H22FNO3. The van der Waals surface area contributed by atoms with Crippen molar-refractivity contribution in [1.82, 2.24) is 5.32 Å². The molecule has 0 aliphatic heterocycles. The molecule has 0 saturated heterocycles. The molecule has 0 heterocycles. The van der Waals surface area contributed by atoms with Gasteiger partial charge in [0.1, 0.15) is 5.82 Å². The second-order valence-corrected chi connectivity index (χ2v) is 5.77. The Bertz CT molecular complexity index is 498. The lowest BCUT2D eigenvalue weighted by Gasteiger charge is -2.26. The van der Waals surface area contributed by atoms with Crippen LogP contribution in [0.15, 0.2) is 18.2 Å². The number of nitrogens with one attached hydrogen (secondary N) is 1. The van der Waals surface area contributed by atoms with Gasteiger partial charge in [-0.15, -0.1) is 0 Å². The molecule has 116 valence electrons. The molecule has 1 aromatic carbocycles. The summed E-state index contributed by atoms with van der Waals surface area (Å²) in [6.07, 6.45) is 4.38. The summed E-state index contributed by atoms with van der Waals surface area (Å²) in [6, 6.07) is 4.50. The predicted molar refractivity (Wildman–Crippen MR) is 77.4 cm³/mol. The van der Waals surface area contributed by atoms with Gasteiger partial charge in [0.15, 0.2) is 0 Å². The molecule has 1 aromatic rings. The third-order valence-electron chi connectivity index (χ3n) is 4.27. The van der Waals surface area contributed by atoms with Crippen molar-refractivity contribution in [1.29, 1.82) is 0 Å². The third kappa shape index (κ3) is 3.80. The maximum absolute atomic E-state index is 13.8. The number of benzene rings is 1. The third-order valence-corrected chi connectivity index (χ3v) is 4.27. The first-order valence-electron chi connectivity index (χ1n) is 7.28. The number of esters is 1. The number of rotatable bonds is 6. The van der Waals surface area contributed by atoms with E-state index in [0.717, 1.165) is 37.8 Å². The molecule has 0 bridgehead atoms. The maximum atomic E-state index is 13.8. The van der Waals surface area contributed by atoms with Crippen LogP contribution in [0.1, 0.15) is 41.6 Å². The summed E-state index contributed by atoms with van der Waals surface area (Å²) in [6.45, 7) is 1.43. The average Bonchev–Trinajstić information content (AvgIpc) is 2.96. The standard InChI is InChI=1S/C16H22FNO3/c1-21-15(20)13-5-4-12(8-14(13)17)9-18-10-16(11-19)6-2-3-7-16/h4-5,8,18-19H,2-3,6-7,9-11H2,1H3. The first-order chi connectivity index (χ1) is 10.1. The number of hydrogen-bond donors (Lipinski definition) is 2. The second-order valence-electron chi connectivity index (χ2n) is 5.77. The van der Waals surface area contributed by atoms with Gasteiger partial charge in [-0.1, -0.05) is 18.9 Å². The Morgan fingerprint density at radius 2 is 2.14 bits per heavy atom. The summed E-state index contributed by atoms with van der Waals surface area (Å²) in [7, 11) is 1.23. The van der Waals surface area contributed by atoms with Crippen LogP contribution in [0.4, 0.5) is 4.39 Å². The molecule has 0 amide bonds. The van der Waals surface area contributed by atoms with Crippen molar-refractivity contribution in [2.24, 2.45) is 5.41 Å². The van der Waals surface area contributed by atoms with E-state index >= 15 is 0 Å². The Morgan fingerprint density at radius 3 is 2.71 bits per heavy atom. The van der Waals surface area contributed by atoms with Gasteiger partial charge in [0.05, 0.1) is 12.7 Å². The molecule has 1 fully saturated rings. The van der Waals surface area contributed by atoms with Crippen molar-refractivity contribution in [2.45, 2.75) is 32.2 Å². The largest absolute Gasteiger partial charge is 0.465 e. The summed E-state index contributed by atoms with van der Waals surface area (Å²) < 4.78 is 18.3. The summed E-state index contributed by atoms with van der Waals surface area (Å²) >= 11 is 0. The molecule has 1 aliphatic rings. The Balaban J connectivity index is 1.92. The lowest BCUT2D eigenvalue weighted by Crippen LogP contribution is -2.34. The molecule has 5 heteroatoms. The van der Waals surface area contributed by atoms with Gasteiger partial charge in [0, 0.05) is 25.1 Å². The Kier molecular flexibility index (Phi) is 5.31. The molecule has 1 aliphatic carbocycles. The first kappa shape index (κ1) is 15.9. The van der Waals surface area contributed by atoms with E-state index in [0.29, 0.717) is 6.54 Å². The molecule has 0 aromatic heterocycles. The van der Waals surface area contributed by atoms with Crippen LogP contribution in [-0.2, 0) is 11.3 Å². The smallest absolute Gasteiger partial charge is 0.340 e. The first-order valence-corrected chi connectivity index (χ1v) is 7.28. The van der Waals surface area contributed by atoms with Gasteiger partial charge in [0.25, 0.3) is 0 Å². The minimum absolute atomic E-state index is 0.0233. The van der Waals surface area contributed by atoms with Crippen LogP contribution in [0.2, 0.25) is 0 Å². The number of halogens is 1. The zero-order valence-electron chi connectivity index (χ0n) is 12.3. The molecular weight excluding hydrogens is 273 g/mol. The van der Waals surface area contributed by atoms with E-state index in [1.165, 1.54) is 19.2 Å². The van der Waals surface area contributed by atoms with Crippen molar-refractivity contribution >= 4 is 5.97 Å². The van der Waals surface area contributed by atoms with Gasteiger partial charge in [-0.05, 0) is 30.5 Å². The van der Waals surface area contributed by atoms with Gasteiger partial charge in [-0.2, -0.15) is 0 Å². The topological polar surface area (TPSA) is 58.6 Å². The minimum atomic E-state index is -0.669. The van der Waals surface area contributed by atoms with Crippen LogP contribution >= 0.6 is 0 Å². The molecule has 1 saturated carbocycles. The fourth-order valence-electron chi connectivity index (χ4n) is 2.93. The van der Waals surface area contributed by atoms with Crippen molar-refractivity contribution in [3.63, 3.8) is 0 Å². The van der Waals surface area contributed by atoms with Crippen LogP contribution in [0.25, 0.3) is 0 Å². The van der Waals surface area contributed by atoms with Gasteiger partial charge in [-0.3, -0.25) is 0 Å². The lowest BCUT2D eigenvalue weighted by molar-refractivity contribution is 0.0595. The molecule has 0 radical (unpaired) electrons. The van der Waals surface area contributed by atoms with Gasteiger partial charge >= 0.3 is 5.97 Å². The quantitative estimate of drug-likeness (QED) is 0.790. The number of hydrogen-bond acceptors (Lipinski definition) is 4. The number of carbonyl (C=O) groups is 1. The highest BCUT2D eigenvalue weighted by atomic mass is 19.1. The van der Waals surface area contributed by atoms with Crippen LogP contribution in [0.3, 0.4) is 0 Å². The number of carbonyl (C=O) groups excluding carboxylic acids is 1. The monoisotopic (exact) mass is 295 g/mol.